The van der Waals surface area contributed by atoms with Gasteiger partial charge in [-0.05, 0) is 44.9 Å². The number of amides is 1. The molecule has 182 valence electrons. The van der Waals surface area contributed by atoms with Crippen LogP contribution in [0.2, 0.25) is 0 Å². The molecule has 0 saturated heterocycles. The van der Waals surface area contributed by atoms with E-state index in [4.69, 9.17) is 4.74 Å². The molecule has 0 spiro atoms. The van der Waals surface area contributed by atoms with Crippen LogP contribution < -0.4 is 4.74 Å². The third-order valence-corrected chi connectivity index (χ3v) is 6.89. The normalized spacial score (nSPS) is 15.1. The summed E-state index contributed by atoms with van der Waals surface area (Å²) in [5, 5.41) is 0. The summed E-state index contributed by atoms with van der Waals surface area (Å²) in [6.45, 7) is 11.4. The van der Waals surface area contributed by atoms with E-state index in [1.54, 1.807) is 13.4 Å². The number of ether oxygens (including phenoxy) is 1. The van der Waals surface area contributed by atoms with Crippen molar-refractivity contribution in [1.82, 2.24) is 19.4 Å². The van der Waals surface area contributed by atoms with Crippen molar-refractivity contribution in [2.24, 2.45) is 0 Å². The molecule has 0 aromatic heterocycles. The van der Waals surface area contributed by atoms with Gasteiger partial charge in [0.05, 0.1) is 25.0 Å². The monoisotopic (exact) mass is 462 g/mol. The number of imidazole rings is 1. The summed E-state index contributed by atoms with van der Waals surface area (Å²) < 4.78 is 8.00. The Morgan fingerprint density at radius 2 is 1.88 bits per heavy atom. The molecule has 3 aliphatic rings. The second-order valence-corrected chi connectivity index (χ2v) is 10.8. The average molecular weight is 463 g/mol. The van der Waals surface area contributed by atoms with Gasteiger partial charge in [0.25, 0.3) is 5.91 Å². The average Bonchev–Trinajstić information content (AvgIpc) is 3.27. The molecule has 4 rings (SSSR count). The van der Waals surface area contributed by atoms with Crippen molar-refractivity contribution in [3.05, 3.63) is 53.6 Å². The van der Waals surface area contributed by atoms with Gasteiger partial charge in [-0.15, -0.1) is 0 Å². The first-order chi connectivity index (χ1) is 16.2. The summed E-state index contributed by atoms with van der Waals surface area (Å²) in [4.78, 5) is 24.6. The Morgan fingerprint density at radius 1 is 1.15 bits per heavy atom. The molecule has 1 aromatic rings. The Morgan fingerprint density at radius 3 is 2.53 bits per heavy atom. The molecular formula is C28H38N4O2. The summed E-state index contributed by atoms with van der Waals surface area (Å²) in [5.41, 5.74) is 4.59. The fourth-order valence-electron chi connectivity index (χ4n) is 5.39. The van der Waals surface area contributed by atoms with Crippen LogP contribution in [0.25, 0.3) is 11.4 Å². The minimum absolute atomic E-state index is 0.100. The molecular weight excluding hydrogens is 424 g/mol. The zero-order valence-electron chi connectivity index (χ0n) is 21.5. The molecule has 2 heterocycles. The summed E-state index contributed by atoms with van der Waals surface area (Å²) in [7, 11) is 1.68. The summed E-state index contributed by atoms with van der Waals surface area (Å²) in [5.74, 6) is 0.836. The Labute approximate surface area is 203 Å². The van der Waals surface area contributed by atoms with Crippen molar-refractivity contribution in [3.63, 3.8) is 0 Å². The molecule has 2 aliphatic heterocycles. The first kappa shape index (κ1) is 24.2. The molecule has 0 unspecified atom stereocenters. The maximum Gasteiger partial charge on any atom is 0.254 e. The summed E-state index contributed by atoms with van der Waals surface area (Å²) in [6.07, 6.45) is 9.56. The lowest BCUT2D eigenvalue weighted by atomic mass is 9.88. The number of aromatic nitrogens is 3. The second kappa shape index (κ2) is 9.77. The number of fused-ring (bicyclic) bond motifs is 1. The largest absolute Gasteiger partial charge is 0.496 e. The molecule has 0 atom stereocenters. The minimum atomic E-state index is -0.108. The minimum Gasteiger partial charge on any atom is -0.496 e. The molecule has 1 amide bonds. The van der Waals surface area contributed by atoms with Crippen LogP contribution in [-0.4, -0.2) is 44.5 Å². The molecule has 1 fully saturated rings. The van der Waals surface area contributed by atoms with Gasteiger partial charge >= 0.3 is 0 Å². The van der Waals surface area contributed by atoms with E-state index < -0.39 is 0 Å². The molecule has 0 N–H and O–H groups in total. The molecule has 0 radical (unpaired) electrons. The van der Waals surface area contributed by atoms with Gasteiger partial charge < -0.3 is 14.2 Å². The highest BCUT2D eigenvalue weighted by Crippen LogP contribution is 2.34. The van der Waals surface area contributed by atoms with Gasteiger partial charge in [-0.1, -0.05) is 46.1 Å². The van der Waals surface area contributed by atoms with E-state index in [-0.39, 0.29) is 17.4 Å². The molecule has 1 aromatic carbocycles. The Bertz CT molecular complexity index is 1110. The van der Waals surface area contributed by atoms with Gasteiger partial charge in [-0.25, -0.2) is 9.97 Å². The first-order valence-corrected chi connectivity index (χ1v) is 12.5. The van der Waals surface area contributed by atoms with Crippen LogP contribution in [0.15, 0.2) is 36.8 Å². The number of hydrogen-bond donors (Lipinski definition) is 0. The fraction of sp³-hybridized carbons (Fsp3) is 0.536. The van der Waals surface area contributed by atoms with Crippen molar-refractivity contribution >= 4 is 5.91 Å². The van der Waals surface area contributed by atoms with Gasteiger partial charge in [0.15, 0.2) is 0 Å². The molecule has 1 aliphatic carbocycles. The van der Waals surface area contributed by atoms with E-state index in [2.05, 4.69) is 60.3 Å². The Kier molecular flexibility index (Phi) is 6.96. The van der Waals surface area contributed by atoms with E-state index in [9.17, 15) is 4.79 Å². The predicted molar refractivity (Wildman–Crippen MR) is 136 cm³/mol. The number of methoxy groups -OCH3 is 1. The number of nitrogens with zero attached hydrogens (tertiary/aromatic N) is 4. The maximum atomic E-state index is 13.6. The molecule has 0 bridgehead atoms. The van der Waals surface area contributed by atoms with Crippen molar-refractivity contribution < 1.29 is 9.53 Å². The zero-order valence-corrected chi connectivity index (χ0v) is 21.5. The van der Waals surface area contributed by atoms with E-state index in [1.165, 1.54) is 19.3 Å². The lowest BCUT2D eigenvalue weighted by molar-refractivity contribution is 0.0555. The number of pyridine rings is 1. The lowest BCUT2D eigenvalue weighted by Crippen LogP contribution is -2.45. The van der Waals surface area contributed by atoms with Crippen LogP contribution >= 0.6 is 0 Å². The van der Waals surface area contributed by atoms with Gasteiger partial charge in [0.2, 0.25) is 0 Å². The number of benzene rings is 1. The summed E-state index contributed by atoms with van der Waals surface area (Å²) in [6, 6.07) is 8.40. The standard InChI is InChI=1S/C28H38N4O2/c1-19(2)32(22-10-8-7-9-11-22)27(33)20-12-13-21(24(16-20)34-6)17-31-15-14-23-25(30-18-29-23)26(31)28(3,4)5/h12-16,18-19,22H,7-11,17H2,1-6H3. The highest BCUT2D eigenvalue weighted by Gasteiger charge is 2.29. The van der Waals surface area contributed by atoms with Crippen LogP contribution in [0.3, 0.4) is 0 Å². The van der Waals surface area contributed by atoms with Crippen LogP contribution in [0, 0.1) is 0 Å². The highest BCUT2D eigenvalue weighted by molar-refractivity contribution is 5.95. The lowest BCUT2D eigenvalue weighted by Gasteiger charge is -2.37. The smallest absolute Gasteiger partial charge is 0.254 e. The van der Waals surface area contributed by atoms with Crippen molar-refractivity contribution in [2.45, 2.75) is 90.8 Å². The molecule has 34 heavy (non-hydrogen) atoms. The van der Waals surface area contributed by atoms with Crippen LogP contribution in [0.5, 0.6) is 5.75 Å². The van der Waals surface area contributed by atoms with Gasteiger partial charge in [0.1, 0.15) is 17.8 Å². The highest BCUT2D eigenvalue weighted by atomic mass is 16.5. The van der Waals surface area contributed by atoms with Crippen molar-refractivity contribution in [2.75, 3.05) is 7.11 Å². The fourth-order valence-corrected chi connectivity index (χ4v) is 5.39. The Hall–Kier alpha value is -2.89. The molecule has 6 nitrogen and oxygen atoms in total. The third kappa shape index (κ3) is 4.82. The van der Waals surface area contributed by atoms with Crippen LogP contribution in [0.4, 0.5) is 0 Å². The van der Waals surface area contributed by atoms with Crippen LogP contribution in [0.1, 0.15) is 88.3 Å². The maximum absolute atomic E-state index is 13.6. The first-order valence-electron chi connectivity index (χ1n) is 12.5. The van der Waals surface area contributed by atoms with E-state index in [1.807, 2.05) is 24.3 Å². The zero-order chi connectivity index (χ0) is 24.5. The van der Waals surface area contributed by atoms with Crippen molar-refractivity contribution in [1.29, 1.82) is 0 Å². The van der Waals surface area contributed by atoms with Gasteiger partial charge in [0, 0.05) is 34.8 Å². The van der Waals surface area contributed by atoms with Crippen LogP contribution in [-0.2, 0) is 12.0 Å². The Balaban J connectivity index is 1.66. The number of hydrogen-bond acceptors (Lipinski definition) is 4. The third-order valence-electron chi connectivity index (χ3n) is 6.89. The number of carbonyl (C=O) groups excluding carboxylic acids is 1. The quantitative estimate of drug-likeness (QED) is 0.456. The van der Waals surface area contributed by atoms with Gasteiger partial charge in [-0.2, -0.15) is 0 Å². The van der Waals surface area contributed by atoms with Gasteiger partial charge in [-0.3, -0.25) is 4.79 Å². The summed E-state index contributed by atoms with van der Waals surface area (Å²) >= 11 is 0. The topological polar surface area (TPSA) is 60.2 Å². The number of carbonyl (C=O) groups is 1. The molecule has 1 saturated carbocycles. The van der Waals surface area contributed by atoms with E-state index in [0.717, 1.165) is 41.2 Å². The van der Waals surface area contributed by atoms with E-state index in [0.29, 0.717) is 18.2 Å². The number of rotatable bonds is 6. The van der Waals surface area contributed by atoms with E-state index >= 15 is 0 Å². The van der Waals surface area contributed by atoms with Crippen molar-refractivity contribution in [3.8, 4) is 17.1 Å². The second-order valence-electron chi connectivity index (χ2n) is 10.8. The molecule has 6 heteroatoms. The SMILES string of the molecule is COc1cc(C(=O)N(C(C)C)C2CCCCC2)ccc1Cn1ccc2ncnc-2c1C(C)(C)C. The predicted octanol–water partition coefficient (Wildman–Crippen LogP) is 5.92.